The van der Waals surface area contributed by atoms with E-state index in [0.29, 0.717) is 0 Å². The van der Waals surface area contributed by atoms with Gasteiger partial charge in [-0.3, -0.25) is 0 Å². The molecular formula is C20H30O. The summed E-state index contributed by atoms with van der Waals surface area (Å²) >= 11 is 0. The summed E-state index contributed by atoms with van der Waals surface area (Å²) in [5.41, 5.74) is 0.851. The quantitative estimate of drug-likeness (QED) is 0.340. The van der Waals surface area contributed by atoms with Crippen LogP contribution in [0, 0.1) is 12.3 Å². The zero-order chi connectivity index (χ0) is 15.2. The van der Waals surface area contributed by atoms with Crippen LogP contribution in [0.25, 0.3) is 0 Å². The molecule has 0 heterocycles. The van der Waals surface area contributed by atoms with Crippen molar-refractivity contribution in [1.29, 1.82) is 0 Å². The molecule has 0 N–H and O–H groups in total. The van der Waals surface area contributed by atoms with Crippen LogP contribution in [-0.4, -0.2) is 6.61 Å². The fraction of sp³-hybridized carbons (Fsp3) is 0.600. The van der Waals surface area contributed by atoms with E-state index in [9.17, 15) is 0 Å². The molecule has 1 heteroatoms. The first-order valence-electron chi connectivity index (χ1n) is 8.57. The number of hydrogen-bond acceptors (Lipinski definition) is 1. The van der Waals surface area contributed by atoms with Crippen molar-refractivity contribution in [3.05, 3.63) is 29.8 Å². The summed E-state index contributed by atoms with van der Waals surface area (Å²) in [7, 11) is 0. The molecule has 0 aliphatic carbocycles. The highest BCUT2D eigenvalue weighted by Crippen LogP contribution is 2.17. The molecule has 1 rings (SSSR count). The standard InChI is InChI=1S/C20H30O/c1-3-5-6-7-8-9-10-11-12-15-18-21-20-17-14-13-16-19(20)4-2/h2,13-14,16-17H,3,5-12,15,18H2,1H3. The minimum absolute atomic E-state index is 0.773. The summed E-state index contributed by atoms with van der Waals surface area (Å²) in [4.78, 5) is 0. The first-order valence-corrected chi connectivity index (χ1v) is 8.57. The van der Waals surface area contributed by atoms with Crippen LogP contribution in [0.1, 0.15) is 76.7 Å². The number of hydrogen-bond donors (Lipinski definition) is 0. The summed E-state index contributed by atoms with van der Waals surface area (Å²) < 4.78 is 5.76. The number of benzene rings is 1. The van der Waals surface area contributed by atoms with E-state index >= 15 is 0 Å². The van der Waals surface area contributed by atoms with Gasteiger partial charge in [-0.15, -0.1) is 6.42 Å². The molecule has 0 unspecified atom stereocenters. The van der Waals surface area contributed by atoms with E-state index in [1.807, 2.05) is 24.3 Å². The Morgan fingerprint density at radius 1 is 0.857 bits per heavy atom. The van der Waals surface area contributed by atoms with Crippen LogP contribution in [0.15, 0.2) is 24.3 Å². The molecule has 1 nitrogen and oxygen atoms in total. The molecular weight excluding hydrogens is 256 g/mol. The Labute approximate surface area is 131 Å². The number of ether oxygens (including phenoxy) is 1. The predicted molar refractivity (Wildman–Crippen MR) is 91.7 cm³/mol. The lowest BCUT2D eigenvalue weighted by atomic mass is 10.1. The molecule has 0 amide bonds. The Kier molecular flexibility index (Phi) is 10.4. The third-order valence-corrected chi connectivity index (χ3v) is 3.80. The largest absolute Gasteiger partial charge is 0.492 e. The molecule has 0 atom stereocenters. The molecule has 1 aromatic carbocycles. The Balaban J connectivity index is 1.94. The molecule has 1 aromatic rings. The molecule has 0 fully saturated rings. The predicted octanol–water partition coefficient (Wildman–Crippen LogP) is 5.97. The monoisotopic (exact) mass is 286 g/mol. The Hall–Kier alpha value is -1.42. The molecule has 0 aromatic heterocycles. The minimum Gasteiger partial charge on any atom is -0.492 e. The van der Waals surface area contributed by atoms with Crippen LogP contribution >= 0.6 is 0 Å². The van der Waals surface area contributed by atoms with E-state index in [2.05, 4.69) is 12.8 Å². The van der Waals surface area contributed by atoms with Gasteiger partial charge in [0, 0.05) is 0 Å². The lowest BCUT2D eigenvalue weighted by Crippen LogP contribution is -1.98. The maximum absolute atomic E-state index is 5.76. The van der Waals surface area contributed by atoms with E-state index in [-0.39, 0.29) is 0 Å². The summed E-state index contributed by atoms with van der Waals surface area (Å²) in [6.07, 6.45) is 18.9. The van der Waals surface area contributed by atoms with Gasteiger partial charge in [0.15, 0.2) is 0 Å². The van der Waals surface area contributed by atoms with Crippen molar-refractivity contribution in [2.24, 2.45) is 0 Å². The third kappa shape index (κ3) is 8.45. The molecule has 0 saturated heterocycles. The van der Waals surface area contributed by atoms with Gasteiger partial charge in [-0.05, 0) is 18.6 Å². The van der Waals surface area contributed by atoms with Gasteiger partial charge in [-0.2, -0.15) is 0 Å². The van der Waals surface area contributed by atoms with Crippen LogP contribution in [0.2, 0.25) is 0 Å². The van der Waals surface area contributed by atoms with Gasteiger partial charge in [0.2, 0.25) is 0 Å². The number of rotatable bonds is 12. The van der Waals surface area contributed by atoms with Gasteiger partial charge >= 0.3 is 0 Å². The smallest absolute Gasteiger partial charge is 0.134 e. The Bertz CT molecular complexity index is 403. The second-order valence-electron chi connectivity index (χ2n) is 5.67. The van der Waals surface area contributed by atoms with Crippen molar-refractivity contribution >= 4 is 0 Å². The zero-order valence-corrected chi connectivity index (χ0v) is 13.6. The molecule has 0 spiro atoms. The molecule has 0 radical (unpaired) electrons. The highest BCUT2D eigenvalue weighted by Gasteiger charge is 1.99. The van der Waals surface area contributed by atoms with E-state index in [0.717, 1.165) is 24.3 Å². The SMILES string of the molecule is C#Cc1ccccc1OCCCCCCCCCCCC. The van der Waals surface area contributed by atoms with Gasteiger partial charge < -0.3 is 4.74 Å². The second kappa shape index (κ2) is 12.3. The van der Waals surface area contributed by atoms with Gasteiger partial charge in [-0.1, -0.05) is 82.8 Å². The number of para-hydroxylation sites is 1. The third-order valence-electron chi connectivity index (χ3n) is 3.80. The van der Waals surface area contributed by atoms with Gasteiger partial charge in [0.1, 0.15) is 5.75 Å². The van der Waals surface area contributed by atoms with Crippen molar-refractivity contribution in [2.45, 2.75) is 71.1 Å². The van der Waals surface area contributed by atoms with E-state index in [4.69, 9.17) is 11.2 Å². The summed E-state index contributed by atoms with van der Waals surface area (Å²) in [6.45, 7) is 3.04. The fourth-order valence-corrected chi connectivity index (χ4v) is 2.48. The maximum Gasteiger partial charge on any atom is 0.134 e. The highest BCUT2D eigenvalue weighted by molar-refractivity contribution is 5.44. The molecule has 116 valence electrons. The summed E-state index contributed by atoms with van der Waals surface area (Å²) in [5, 5.41) is 0. The summed E-state index contributed by atoms with van der Waals surface area (Å²) in [5.74, 6) is 3.50. The van der Waals surface area contributed by atoms with Gasteiger partial charge in [-0.25, -0.2) is 0 Å². The molecule has 0 aliphatic rings. The molecule has 0 bridgehead atoms. The lowest BCUT2D eigenvalue weighted by Gasteiger charge is -2.08. The lowest BCUT2D eigenvalue weighted by molar-refractivity contribution is 0.303. The van der Waals surface area contributed by atoms with Crippen LogP contribution in [0.4, 0.5) is 0 Å². The number of terminal acetylenes is 1. The van der Waals surface area contributed by atoms with Crippen molar-refractivity contribution in [3.8, 4) is 18.1 Å². The fourth-order valence-electron chi connectivity index (χ4n) is 2.48. The maximum atomic E-state index is 5.76. The van der Waals surface area contributed by atoms with E-state index in [1.54, 1.807) is 0 Å². The number of unbranched alkanes of at least 4 members (excludes halogenated alkanes) is 9. The Morgan fingerprint density at radius 3 is 2.05 bits per heavy atom. The van der Waals surface area contributed by atoms with Crippen LogP contribution < -0.4 is 4.74 Å². The normalized spacial score (nSPS) is 10.3. The minimum atomic E-state index is 0.773. The first kappa shape index (κ1) is 17.6. The van der Waals surface area contributed by atoms with Crippen LogP contribution in [0.5, 0.6) is 5.75 Å². The molecule has 0 saturated carbocycles. The first-order chi connectivity index (χ1) is 10.4. The highest BCUT2D eigenvalue weighted by atomic mass is 16.5. The topological polar surface area (TPSA) is 9.23 Å². The van der Waals surface area contributed by atoms with Gasteiger partial charge in [0.05, 0.1) is 12.2 Å². The van der Waals surface area contributed by atoms with Crippen molar-refractivity contribution in [1.82, 2.24) is 0 Å². The van der Waals surface area contributed by atoms with E-state index in [1.165, 1.54) is 57.8 Å². The zero-order valence-electron chi connectivity index (χ0n) is 13.6. The molecule has 21 heavy (non-hydrogen) atoms. The van der Waals surface area contributed by atoms with Crippen LogP contribution in [0.3, 0.4) is 0 Å². The molecule has 0 aliphatic heterocycles. The summed E-state index contributed by atoms with van der Waals surface area (Å²) in [6, 6.07) is 7.79. The average Bonchev–Trinajstić information content (AvgIpc) is 2.53. The Morgan fingerprint density at radius 2 is 1.43 bits per heavy atom. The van der Waals surface area contributed by atoms with E-state index < -0.39 is 0 Å². The second-order valence-corrected chi connectivity index (χ2v) is 5.67. The van der Waals surface area contributed by atoms with Crippen LogP contribution in [-0.2, 0) is 0 Å². The van der Waals surface area contributed by atoms with Crippen molar-refractivity contribution in [2.75, 3.05) is 6.61 Å². The van der Waals surface area contributed by atoms with Gasteiger partial charge in [0.25, 0.3) is 0 Å². The van der Waals surface area contributed by atoms with Crippen molar-refractivity contribution in [3.63, 3.8) is 0 Å². The average molecular weight is 286 g/mol. The van der Waals surface area contributed by atoms with Crippen molar-refractivity contribution < 1.29 is 4.74 Å².